The van der Waals surface area contributed by atoms with Crippen molar-refractivity contribution in [2.24, 2.45) is 0 Å². The molecule has 1 aliphatic rings. The lowest BCUT2D eigenvalue weighted by atomic mass is 10.1. The van der Waals surface area contributed by atoms with Crippen LogP contribution >= 0.6 is 0 Å². The van der Waals surface area contributed by atoms with E-state index < -0.39 is 0 Å². The number of pyridine rings is 2. The Kier molecular flexibility index (Phi) is 6.58. The highest BCUT2D eigenvalue weighted by atomic mass is 16.5. The summed E-state index contributed by atoms with van der Waals surface area (Å²) in [5, 5.41) is 0. The third kappa shape index (κ3) is 5.25. The summed E-state index contributed by atoms with van der Waals surface area (Å²) in [4.78, 5) is 32.0. The minimum Gasteiger partial charge on any atom is -0.497 e. The Hall–Kier alpha value is -4.37. The van der Waals surface area contributed by atoms with Gasteiger partial charge in [-0.25, -0.2) is 15.0 Å². The first-order valence-electron chi connectivity index (χ1n) is 11.1. The summed E-state index contributed by atoms with van der Waals surface area (Å²) < 4.78 is 17.0. The molecule has 1 aromatic carbocycles. The molecule has 1 atom stereocenters. The number of rotatable bonds is 6. The molecule has 1 amide bonds. The van der Waals surface area contributed by atoms with Crippen LogP contribution in [0, 0.1) is 0 Å². The number of amides is 1. The minimum atomic E-state index is -0.370. The molecule has 1 fully saturated rings. The average molecular weight is 470 g/mol. The molecule has 9 heteroatoms. The first-order chi connectivity index (χ1) is 17.2. The first-order valence-corrected chi connectivity index (χ1v) is 11.1. The average Bonchev–Trinajstić information content (AvgIpc) is 2.94. The van der Waals surface area contributed by atoms with Crippen molar-refractivity contribution in [3.8, 4) is 28.5 Å². The number of nitrogens with zero attached hydrogens (tertiary/aromatic N) is 5. The second-order valence-electron chi connectivity index (χ2n) is 7.88. The predicted octanol–water partition coefficient (Wildman–Crippen LogP) is 3.95. The number of aromatic nitrogens is 4. The standard InChI is InChI=1S/C26H23N5O4/c1-33-21-5-7-22(8-6-21)35-25-4-2-3-23(30-25)24-16-31(9-10-34-24)26(32)19-11-18(12-27-13-19)20-14-28-17-29-15-20/h2-8,11-15,17,24H,9-10,16H2,1H3/t24-/m1/s1. The van der Waals surface area contributed by atoms with Gasteiger partial charge in [-0.05, 0) is 36.4 Å². The van der Waals surface area contributed by atoms with Gasteiger partial charge in [0.15, 0.2) is 0 Å². The van der Waals surface area contributed by atoms with Crippen molar-refractivity contribution in [3.63, 3.8) is 0 Å². The molecule has 4 aromatic rings. The van der Waals surface area contributed by atoms with Crippen molar-refractivity contribution in [1.29, 1.82) is 0 Å². The van der Waals surface area contributed by atoms with Crippen molar-refractivity contribution in [1.82, 2.24) is 24.8 Å². The zero-order valence-electron chi connectivity index (χ0n) is 19.1. The van der Waals surface area contributed by atoms with Gasteiger partial charge in [0, 0.05) is 48.5 Å². The highest BCUT2D eigenvalue weighted by Gasteiger charge is 2.27. The number of methoxy groups -OCH3 is 1. The van der Waals surface area contributed by atoms with Crippen LogP contribution in [-0.2, 0) is 4.74 Å². The third-order valence-corrected chi connectivity index (χ3v) is 5.59. The van der Waals surface area contributed by atoms with Crippen LogP contribution in [0.15, 0.2) is 79.6 Å². The normalized spacial score (nSPS) is 15.5. The van der Waals surface area contributed by atoms with Crippen LogP contribution < -0.4 is 9.47 Å². The van der Waals surface area contributed by atoms with Crippen LogP contribution in [0.25, 0.3) is 11.1 Å². The van der Waals surface area contributed by atoms with Gasteiger partial charge in [-0.3, -0.25) is 9.78 Å². The number of ether oxygens (including phenoxy) is 3. The fraction of sp³-hybridized carbons (Fsp3) is 0.192. The lowest BCUT2D eigenvalue weighted by molar-refractivity contribution is -0.0248. The predicted molar refractivity (Wildman–Crippen MR) is 127 cm³/mol. The van der Waals surface area contributed by atoms with E-state index in [0.717, 1.165) is 16.9 Å². The van der Waals surface area contributed by atoms with Crippen LogP contribution in [0.1, 0.15) is 22.2 Å². The molecule has 0 spiro atoms. The SMILES string of the molecule is COc1ccc(Oc2cccc([C@H]3CN(C(=O)c4cncc(-c5cncnc5)c4)CCO3)n2)cc1. The van der Waals surface area contributed by atoms with E-state index in [1.54, 1.807) is 48.9 Å². The number of benzene rings is 1. The molecular weight excluding hydrogens is 446 g/mol. The van der Waals surface area contributed by atoms with Gasteiger partial charge >= 0.3 is 0 Å². The molecule has 0 unspecified atom stereocenters. The molecule has 4 heterocycles. The van der Waals surface area contributed by atoms with Gasteiger partial charge in [0.1, 0.15) is 23.9 Å². The topological polar surface area (TPSA) is 99.6 Å². The molecule has 35 heavy (non-hydrogen) atoms. The molecule has 0 bridgehead atoms. The molecule has 3 aromatic heterocycles. The van der Waals surface area contributed by atoms with Crippen molar-refractivity contribution in [3.05, 3.63) is 90.9 Å². The molecule has 9 nitrogen and oxygen atoms in total. The molecule has 0 N–H and O–H groups in total. The van der Waals surface area contributed by atoms with Crippen molar-refractivity contribution in [2.45, 2.75) is 6.10 Å². The Balaban J connectivity index is 1.29. The molecule has 0 radical (unpaired) electrons. The zero-order chi connectivity index (χ0) is 24.0. The number of carbonyl (C=O) groups is 1. The molecule has 0 aliphatic carbocycles. The van der Waals surface area contributed by atoms with E-state index in [-0.39, 0.29) is 12.0 Å². The van der Waals surface area contributed by atoms with Crippen LogP contribution in [0.5, 0.6) is 17.4 Å². The van der Waals surface area contributed by atoms with E-state index in [1.165, 1.54) is 6.33 Å². The Morgan fingerprint density at radius 1 is 0.971 bits per heavy atom. The molecule has 5 rings (SSSR count). The van der Waals surface area contributed by atoms with E-state index in [0.29, 0.717) is 42.6 Å². The Bertz CT molecular complexity index is 1300. The fourth-order valence-corrected chi connectivity index (χ4v) is 3.79. The Morgan fingerprint density at radius 3 is 2.54 bits per heavy atom. The van der Waals surface area contributed by atoms with Gasteiger partial charge in [0.25, 0.3) is 5.91 Å². The quantitative estimate of drug-likeness (QED) is 0.419. The van der Waals surface area contributed by atoms with Gasteiger partial charge in [0.05, 0.1) is 31.5 Å². The van der Waals surface area contributed by atoms with E-state index >= 15 is 0 Å². The summed E-state index contributed by atoms with van der Waals surface area (Å²) in [5.74, 6) is 1.72. The number of morpholine rings is 1. The lowest BCUT2D eigenvalue weighted by Crippen LogP contribution is -2.42. The van der Waals surface area contributed by atoms with Crippen LogP contribution in [-0.4, -0.2) is 57.5 Å². The van der Waals surface area contributed by atoms with Crippen LogP contribution in [0.2, 0.25) is 0 Å². The Labute approximate surface area is 202 Å². The summed E-state index contributed by atoms with van der Waals surface area (Å²) in [6.45, 7) is 1.26. The smallest absolute Gasteiger partial charge is 0.255 e. The van der Waals surface area contributed by atoms with Crippen molar-refractivity contribution < 1.29 is 19.0 Å². The van der Waals surface area contributed by atoms with E-state index in [1.807, 2.05) is 36.4 Å². The molecular formula is C26H23N5O4. The summed E-state index contributed by atoms with van der Waals surface area (Å²) in [6.07, 6.45) is 7.74. The molecule has 1 saturated heterocycles. The minimum absolute atomic E-state index is 0.116. The van der Waals surface area contributed by atoms with E-state index in [4.69, 9.17) is 14.2 Å². The number of hydrogen-bond acceptors (Lipinski definition) is 8. The Morgan fingerprint density at radius 2 is 1.74 bits per heavy atom. The maximum Gasteiger partial charge on any atom is 0.255 e. The number of carbonyl (C=O) groups excluding carboxylic acids is 1. The molecule has 1 aliphatic heterocycles. The first kappa shape index (κ1) is 22.4. The third-order valence-electron chi connectivity index (χ3n) is 5.59. The maximum atomic E-state index is 13.3. The van der Waals surface area contributed by atoms with Gasteiger partial charge in [-0.1, -0.05) is 6.07 Å². The van der Waals surface area contributed by atoms with Crippen molar-refractivity contribution >= 4 is 5.91 Å². The fourth-order valence-electron chi connectivity index (χ4n) is 3.79. The van der Waals surface area contributed by atoms with E-state index in [9.17, 15) is 4.79 Å². The number of hydrogen-bond donors (Lipinski definition) is 0. The summed E-state index contributed by atoms with van der Waals surface area (Å²) >= 11 is 0. The highest BCUT2D eigenvalue weighted by molar-refractivity contribution is 5.95. The summed E-state index contributed by atoms with van der Waals surface area (Å²) in [6, 6.07) is 14.6. The van der Waals surface area contributed by atoms with Gasteiger partial charge < -0.3 is 19.1 Å². The second-order valence-corrected chi connectivity index (χ2v) is 7.88. The van der Waals surface area contributed by atoms with E-state index in [2.05, 4.69) is 19.9 Å². The lowest BCUT2D eigenvalue weighted by Gasteiger charge is -2.32. The van der Waals surface area contributed by atoms with Crippen LogP contribution in [0.3, 0.4) is 0 Å². The molecule has 0 saturated carbocycles. The largest absolute Gasteiger partial charge is 0.497 e. The summed E-state index contributed by atoms with van der Waals surface area (Å²) in [5.41, 5.74) is 2.78. The van der Waals surface area contributed by atoms with Gasteiger partial charge in [0.2, 0.25) is 5.88 Å². The second kappa shape index (κ2) is 10.3. The highest BCUT2D eigenvalue weighted by Crippen LogP contribution is 2.27. The van der Waals surface area contributed by atoms with Crippen molar-refractivity contribution in [2.75, 3.05) is 26.8 Å². The summed E-state index contributed by atoms with van der Waals surface area (Å²) in [7, 11) is 1.62. The van der Waals surface area contributed by atoms with Gasteiger partial charge in [-0.15, -0.1) is 0 Å². The monoisotopic (exact) mass is 469 g/mol. The van der Waals surface area contributed by atoms with Crippen LogP contribution in [0.4, 0.5) is 0 Å². The molecule has 176 valence electrons. The van der Waals surface area contributed by atoms with Gasteiger partial charge in [-0.2, -0.15) is 0 Å². The maximum absolute atomic E-state index is 13.3. The zero-order valence-corrected chi connectivity index (χ0v) is 19.1.